The SMILES string of the molecule is FC(F)(F)c1cc(Nc2cc(Cl)ccc2Cl)nc(NC2CCCCC2)n1. The number of rotatable bonds is 4. The first-order valence-corrected chi connectivity index (χ1v) is 9.02. The van der Waals surface area contributed by atoms with Crippen LogP contribution in [-0.4, -0.2) is 16.0 Å². The van der Waals surface area contributed by atoms with Gasteiger partial charge < -0.3 is 10.6 Å². The zero-order valence-electron chi connectivity index (χ0n) is 13.7. The molecule has 0 unspecified atom stereocenters. The molecule has 1 heterocycles. The van der Waals surface area contributed by atoms with Gasteiger partial charge in [-0.1, -0.05) is 42.5 Å². The monoisotopic (exact) mass is 404 g/mol. The Morgan fingerprint density at radius 2 is 1.73 bits per heavy atom. The number of nitrogens with one attached hydrogen (secondary N) is 2. The number of alkyl halides is 3. The van der Waals surface area contributed by atoms with Gasteiger partial charge in [0.25, 0.3) is 0 Å². The van der Waals surface area contributed by atoms with Crippen molar-refractivity contribution in [2.45, 2.75) is 44.3 Å². The average Bonchev–Trinajstić information content (AvgIpc) is 2.58. The highest BCUT2D eigenvalue weighted by Gasteiger charge is 2.34. The van der Waals surface area contributed by atoms with E-state index in [1.165, 1.54) is 6.07 Å². The highest BCUT2D eigenvalue weighted by atomic mass is 35.5. The van der Waals surface area contributed by atoms with E-state index < -0.39 is 11.9 Å². The normalized spacial score (nSPS) is 15.7. The van der Waals surface area contributed by atoms with Crippen LogP contribution in [0.1, 0.15) is 37.8 Å². The molecule has 9 heteroatoms. The largest absolute Gasteiger partial charge is 0.433 e. The molecule has 2 aromatic rings. The molecule has 0 bridgehead atoms. The molecule has 0 amide bonds. The van der Waals surface area contributed by atoms with Crippen LogP contribution in [0.2, 0.25) is 10.0 Å². The van der Waals surface area contributed by atoms with Crippen LogP contribution in [0.3, 0.4) is 0 Å². The molecule has 0 aliphatic heterocycles. The van der Waals surface area contributed by atoms with Crippen molar-refractivity contribution in [2.75, 3.05) is 10.6 Å². The van der Waals surface area contributed by atoms with Gasteiger partial charge in [-0.25, -0.2) is 4.98 Å². The van der Waals surface area contributed by atoms with Gasteiger partial charge in [0.1, 0.15) is 5.82 Å². The van der Waals surface area contributed by atoms with Crippen molar-refractivity contribution in [3.8, 4) is 0 Å². The van der Waals surface area contributed by atoms with Crippen LogP contribution in [0.5, 0.6) is 0 Å². The minimum atomic E-state index is -4.58. The van der Waals surface area contributed by atoms with Crippen molar-refractivity contribution in [1.82, 2.24) is 9.97 Å². The van der Waals surface area contributed by atoms with Crippen LogP contribution in [-0.2, 0) is 6.18 Å². The Bertz CT molecular complexity index is 777. The Hall–Kier alpha value is -1.73. The summed E-state index contributed by atoms with van der Waals surface area (Å²) in [4.78, 5) is 7.81. The van der Waals surface area contributed by atoms with Gasteiger partial charge in [-0.3, -0.25) is 0 Å². The predicted octanol–water partition coefficient (Wildman–Crippen LogP) is 6.29. The number of benzene rings is 1. The van der Waals surface area contributed by atoms with Gasteiger partial charge in [0.2, 0.25) is 5.95 Å². The van der Waals surface area contributed by atoms with E-state index in [1.54, 1.807) is 12.1 Å². The smallest absolute Gasteiger partial charge is 0.351 e. The molecule has 3 rings (SSSR count). The molecule has 1 saturated carbocycles. The minimum Gasteiger partial charge on any atom is -0.351 e. The molecule has 0 radical (unpaired) electrons. The summed E-state index contributed by atoms with van der Waals surface area (Å²) in [5.74, 6) is -0.0535. The van der Waals surface area contributed by atoms with Crippen molar-refractivity contribution in [1.29, 1.82) is 0 Å². The first kappa shape index (κ1) is 19.0. The van der Waals surface area contributed by atoms with Gasteiger partial charge in [-0.05, 0) is 31.0 Å². The summed E-state index contributed by atoms with van der Waals surface area (Å²) in [5.41, 5.74) is -0.652. The van der Waals surface area contributed by atoms with Gasteiger partial charge in [0, 0.05) is 17.1 Å². The summed E-state index contributed by atoms with van der Waals surface area (Å²) in [6, 6.07) is 5.59. The van der Waals surface area contributed by atoms with E-state index in [0.29, 0.717) is 15.7 Å². The molecule has 1 aromatic heterocycles. The topological polar surface area (TPSA) is 49.8 Å². The number of halogens is 5. The predicted molar refractivity (Wildman–Crippen MR) is 97.3 cm³/mol. The third-order valence-corrected chi connectivity index (χ3v) is 4.71. The molecule has 1 aromatic carbocycles. The molecular formula is C17H17Cl2F3N4. The summed E-state index contributed by atoms with van der Waals surface area (Å²) in [6.07, 6.45) is 0.423. The van der Waals surface area contributed by atoms with Crippen molar-refractivity contribution in [3.63, 3.8) is 0 Å². The molecule has 0 atom stereocenters. The molecule has 140 valence electrons. The highest BCUT2D eigenvalue weighted by Crippen LogP contribution is 2.33. The Kier molecular flexibility index (Phi) is 5.77. The number of anilines is 3. The van der Waals surface area contributed by atoms with Crippen LogP contribution in [0.15, 0.2) is 24.3 Å². The molecule has 1 fully saturated rings. The second kappa shape index (κ2) is 7.88. The van der Waals surface area contributed by atoms with E-state index in [1.807, 2.05) is 0 Å². The molecule has 4 nitrogen and oxygen atoms in total. The lowest BCUT2D eigenvalue weighted by Crippen LogP contribution is -2.24. The number of hydrogen-bond acceptors (Lipinski definition) is 4. The maximum atomic E-state index is 13.2. The van der Waals surface area contributed by atoms with Crippen LogP contribution in [0, 0.1) is 0 Å². The molecule has 1 aliphatic carbocycles. The summed E-state index contributed by atoms with van der Waals surface area (Å²) < 4.78 is 39.6. The van der Waals surface area contributed by atoms with Crippen molar-refractivity contribution >= 4 is 40.7 Å². The van der Waals surface area contributed by atoms with Crippen LogP contribution in [0.4, 0.5) is 30.6 Å². The van der Waals surface area contributed by atoms with E-state index in [4.69, 9.17) is 23.2 Å². The lowest BCUT2D eigenvalue weighted by atomic mass is 9.96. The first-order valence-electron chi connectivity index (χ1n) is 8.26. The summed E-state index contributed by atoms with van der Waals surface area (Å²) >= 11 is 12.0. The average molecular weight is 405 g/mol. The fraction of sp³-hybridized carbons (Fsp3) is 0.412. The molecular weight excluding hydrogens is 388 g/mol. The van der Waals surface area contributed by atoms with E-state index in [0.717, 1.165) is 38.2 Å². The third kappa shape index (κ3) is 4.92. The van der Waals surface area contributed by atoms with Gasteiger partial charge in [0.05, 0.1) is 10.7 Å². The number of hydrogen-bond donors (Lipinski definition) is 2. The van der Waals surface area contributed by atoms with Crippen LogP contribution in [0.25, 0.3) is 0 Å². The Morgan fingerprint density at radius 1 is 1.00 bits per heavy atom. The van der Waals surface area contributed by atoms with Crippen LogP contribution >= 0.6 is 23.2 Å². The summed E-state index contributed by atoms with van der Waals surface area (Å²) in [5, 5.41) is 6.55. The van der Waals surface area contributed by atoms with E-state index in [-0.39, 0.29) is 17.8 Å². The Labute approximate surface area is 159 Å². The maximum Gasteiger partial charge on any atom is 0.433 e. The number of aromatic nitrogens is 2. The summed E-state index contributed by atoms with van der Waals surface area (Å²) in [7, 11) is 0. The van der Waals surface area contributed by atoms with Gasteiger partial charge >= 0.3 is 6.18 Å². The Morgan fingerprint density at radius 3 is 2.42 bits per heavy atom. The van der Waals surface area contributed by atoms with Crippen molar-refractivity contribution < 1.29 is 13.2 Å². The fourth-order valence-electron chi connectivity index (χ4n) is 2.88. The summed E-state index contributed by atoms with van der Waals surface area (Å²) in [6.45, 7) is 0. The second-order valence-electron chi connectivity index (χ2n) is 6.19. The van der Waals surface area contributed by atoms with E-state index in [9.17, 15) is 13.2 Å². The molecule has 2 N–H and O–H groups in total. The molecule has 1 aliphatic rings. The fourth-order valence-corrected chi connectivity index (χ4v) is 3.22. The van der Waals surface area contributed by atoms with E-state index >= 15 is 0 Å². The standard InChI is InChI=1S/C17H17Cl2F3N4/c18-10-6-7-12(19)13(8-10)24-15-9-14(17(20,21)22)25-16(26-15)23-11-4-2-1-3-5-11/h6-9,11H,1-5H2,(H2,23,24,25,26). The highest BCUT2D eigenvalue weighted by molar-refractivity contribution is 6.35. The van der Waals surface area contributed by atoms with Gasteiger partial charge in [0.15, 0.2) is 5.69 Å². The lowest BCUT2D eigenvalue weighted by molar-refractivity contribution is -0.141. The second-order valence-corrected chi connectivity index (χ2v) is 7.03. The molecule has 0 spiro atoms. The maximum absolute atomic E-state index is 13.2. The van der Waals surface area contributed by atoms with Gasteiger partial charge in [-0.2, -0.15) is 18.2 Å². The van der Waals surface area contributed by atoms with Crippen molar-refractivity contribution in [2.24, 2.45) is 0 Å². The zero-order valence-corrected chi connectivity index (χ0v) is 15.2. The van der Waals surface area contributed by atoms with Crippen molar-refractivity contribution in [3.05, 3.63) is 40.0 Å². The zero-order chi connectivity index (χ0) is 18.7. The number of nitrogens with zero attached hydrogens (tertiary/aromatic N) is 2. The van der Waals surface area contributed by atoms with Crippen LogP contribution < -0.4 is 10.6 Å². The van der Waals surface area contributed by atoms with Gasteiger partial charge in [-0.15, -0.1) is 0 Å². The quantitative estimate of drug-likeness (QED) is 0.628. The molecule has 0 saturated heterocycles. The van der Waals surface area contributed by atoms with E-state index in [2.05, 4.69) is 20.6 Å². The lowest BCUT2D eigenvalue weighted by Gasteiger charge is -2.23. The third-order valence-electron chi connectivity index (χ3n) is 4.15. The first-order chi connectivity index (χ1) is 12.3. The molecule has 26 heavy (non-hydrogen) atoms. The minimum absolute atomic E-state index is 0.00481. The Balaban J connectivity index is 1.90.